The lowest BCUT2D eigenvalue weighted by Gasteiger charge is -2.32. The van der Waals surface area contributed by atoms with Gasteiger partial charge < -0.3 is 9.67 Å². The molecule has 0 saturated carbocycles. The minimum absolute atomic E-state index is 0.277. The van der Waals surface area contributed by atoms with Crippen LogP contribution in [0.4, 0.5) is 17.6 Å². The van der Waals surface area contributed by atoms with Gasteiger partial charge in [-0.3, -0.25) is 0 Å². The van der Waals surface area contributed by atoms with E-state index in [1.807, 2.05) is 19.1 Å². The molecule has 0 aliphatic heterocycles. The van der Waals surface area contributed by atoms with Crippen LogP contribution >= 0.6 is 0 Å². The van der Waals surface area contributed by atoms with E-state index >= 15 is 0 Å². The van der Waals surface area contributed by atoms with Crippen LogP contribution in [-0.4, -0.2) is 25.6 Å². The van der Waals surface area contributed by atoms with E-state index in [-0.39, 0.29) is 5.56 Å². The Bertz CT molecular complexity index is 1520. The lowest BCUT2D eigenvalue weighted by Crippen LogP contribution is -2.46. The van der Waals surface area contributed by atoms with Crippen molar-refractivity contribution in [3.05, 3.63) is 95.6 Å². The predicted octanol–water partition coefficient (Wildman–Crippen LogP) is 6.19. The Morgan fingerprint density at radius 2 is 1.62 bits per heavy atom. The molecule has 0 saturated heterocycles. The molecule has 3 aromatic carbocycles. The van der Waals surface area contributed by atoms with Crippen molar-refractivity contribution < 1.29 is 22.7 Å². The van der Waals surface area contributed by atoms with Crippen molar-refractivity contribution in [2.24, 2.45) is 0 Å². The van der Waals surface area contributed by atoms with Gasteiger partial charge in [-0.1, -0.05) is 24.3 Å². The number of aliphatic hydroxyl groups is 1. The van der Waals surface area contributed by atoms with E-state index in [4.69, 9.17) is 0 Å². The highest BCUT2D eigenvalue weighted by Crippen LogP contribution is 2.42. The summed E-state index contributed by atoms with van der Waals surface area (Å²) in [4.78, 5) is 0. The molecular formula is C26H21F4N3O. The first-order chi connectivity index (χ1) is 16.1. The molecule has 0 aliphatic rings. The zero-order chi connectivity index (χ0) is 24.3. The summed E-state index contributed by atoms with van der Waals surface area (Å²) in [6.07, 6.45) is -3.50. The van der Waals surface area contributed by atoms with Crippen LogP contribution in [0.5, 0.6) is 0 Å². The molecule has 1 atom stereocenters. The summed E-state index contributed by atoms with van der Waals surface area (Å²) < 4.78 is 59.5. The van der Waals surface area contributed by atoms with Crippen LogP contribution in [0.15, 0.2) is 72.9 Å². The van der Waals surface area contributed by atoms with Crippen molar-refractivity contribution in [3.63, 3.8) is 0 Å². The second-order valence-corrected chi connectivity index (χ2v) is 8.48. The van der Waals surface area contributed by atoms with Crippen molar-refractivity contribution in [3.8, 4) is 5.69 Å². The molecule has 1 unspecified atom stereocenters. The number of fused-ring (bicyclic) bond motifs is 2. The first kappa shape index (κ1) is 22.2. The Morgan fingerprint density at radius 3 is 2.32 bits per heavy atom. The number of para-hydroxylation sites is 1. The highest BCUT2D eigenvalue weighted by molar-refractivity contribution is 5.85. The van der Waals surface area contributed by atoms with Gasteiger partial charge in [0.2, 0.25) is 5.60 Å². The van der Waals surface area contributed by atoms with E-state index in [2.05, 4.69) is 5.10 Å². The largest absolute Gasteiger partial charge is 0.423 e. The summed E-state index contributed by atoms with van der Waals surface area (Å²) >= 11 is 0. The van der Waals surface area contributed by atoms with Crippen molar-refractivity contribution >= 4 is 21.8 Å². The lowest BCUT2D eigenvalue weighted by molar-refractivity contribution is -0.271. The summed E-state index contributed by atoms with van der Waals surface area (Å²) in [6, 6.07) is 16.9. The standard InChI is InChI=1S/C26H21F4N3O/c1-16-17(2)32(24-6-4-3-5-22(16)24)15-25(34,26(28,29)30)19-7-12-23-18(13-19)14-31-33(23)21-10-8-20(27)9-11-21/h3-14,34H,15H2,1-2H3. The molecule has 5 rings (SSSR count). The summed E-state index contributed by atoms with van der Waals surface area (Å²) in [5, 5.41) is 16.7. The summed E-state index contributed by atoms with van der Waals surface area (Å²) in [7, 11) is 0. The van der Waals surface area contributed by atoms with E-state index in [1.54, 1.807) is 19.1 Å². The van der Waals surface area contributed by atoms with E-state index < -0.39 is 24.1 Å². The van der Waals surface area contributed by atoms with Crippen molar-refractivity contribution in [1.29, 1.82) is 0 Å². The SMILES string of the molecule is Cc1c(C)n(CC(O)(c2ccc3c(cnn3-c3ccc(F)cc3)c2)C(F)(F)F)c2ccccc12. The second kappa shape index (κ2) is 7.70. The molecule has 2 aromatic heterocycles. The van der Waals surface area contributed by atoms with Crippen LogP contribution in [-0.2, 0) is 12.1 Å². The van der Waals surface area contributed by atoms with Gasteiger partial charge in [-0.05, 0) is 67.4 Å². The molecule has 2 heterocycles. The maximum Gasteiger partial charge on any atom is 0.423 e. The predicted molar refractivity (Wildman–Crippen MR) is 122 cm³/mol. The van der Waals surface area contributed by atoms with Crippen LogP contribution in [0.3, 0.4) is 0 Å². The third kappa shape index (κ3) is 3.37. The van der Waals surface area contributed by atoms with Gasteiger partial charge in [-0.25, -0.2) is 9.07 Å². The quantitative estimate of drug-likeness (QED) is 0.321. The van der Waals surface area contributed by atoms with Gasteiger partial charge in [-0.15, -0.1) is 0 Å². The zero-order valence-corrected chi connectivity index (χ0v) is 18.4. The van der Waals surface area contributed by atoms with Crippen LogP contribution in [0.1, 0.15) is 16.8 Å². The highest BCUT2D eigenvalue weighted by atomic mass is 19.4. The molecule has 0 aliphatic carbocycles. The van der Waals surface area contributed by atoms with Gasteiger partial charge in [0, 0.05) is 22.0 Å². The Kier molecular flexibility index (Phi) is 5.02. The van der Waals surface area contributed by atoms with E-state index in [0.29, 0.717) is 27.8 Å². The Labute approximate surface area is 192 Å². The molecule has 0 amide bonds. The molecule has 0 bridgehead atoms. The highest BCUT2D eigenvalue weighted by Gasteiger charge is 2.55. The topological polar surface area (TPSA) is 43.0 Å². The Balaban J connectivity index is 1.62. The van der Waals surface area contributed by atoms with Crippen LogP contribution in [0.2, 0.25) is 0 Å². The monoisotopic (exact) mass is 467 g/mol. The Morgan fingerprint density at radius 1 is 0.912 bits per heavy atom. The molecule has 8 heteroatoms. The third-order valence-electron chi connectivity index (χ3n) is 6.52. The van der Waals surface area contributed by atoms with Gasteiger partial charge >= 0.3 is 6.18 Å². The number of rotatable bonds is 4. The van der Waals surface area contributed by atoms with Crippen LogP contribution in [0, 0.1) is 19.7 Å². The zero-order valence-electron chi connectivity index (χ0n) is 18.4. The molecule has 0 fully saturated rings. The minimum Gasteiger partial charge on any atom is -0.375 e. The number of aryl methyl sites for hydroxylation is 1. The number of nitrogens with zero attached hydrogens (tertiary/aromatic N) is 3. The van der Waals surface area contributed by atoms with Gasteiger partial charge in [-0.2, -0.15) is 18.3 Å². The molecule has 4 nitrogen and oxygen atoms in total. The number of alkyl halides is 3. The molecular weight excluding hydrogens is 446 g/mol. The van der Waals surface area contributed by atoms with Crippen LogP contribution < -0.4 is 0 Å². The summed E-state index contributed by atoms with van der Waals surface area (Å²) in [5.41, 5.74) is -0.131. The van der Waals surface area contributed by atoms with Gasteiger partial charge in [0.25, 0.3) is 0 Å². The summed E-state index contributed by atoms with van der Waals surface area (Å²) in [6.45, 7) is 2.92. The minimum atomic E-state index is -4.93. The number of hydrogen-bond donors (Lipinski definition) is 1. The fourth-order valence-corrected chi connectivity index (χ4v) is 4.46. The van der Waals surface area contributed by atoms with Gasteiger partial charge in [0.05, 0.1) is 23.9 Å². The fourth-order valence-electron chi connectivity index (χ4n) is 4.46. The average Bonchev–Trinajstić information content (AvgIpc) is 3.33. The smallest absolute Gasteiger partial charge is 0.375 e. The van der Waals surface area contributed by atoms with Gasteiger partial charge in [0.15, 0.2) is 0 Å². The molecule has 174 valence electrons. The van der Waals surface area contributed by atoms with E-state index in [1.165, 1.54) is 57.9 Å². The maximum absolute atomic E-state index is 14.4. The lowest BCUT2D eigenvalue weighted by atomic mass is 9.91. The number of aromatic nitrogens is 3. The molecule has 34 heavy (non-hydrogen) atoms. The van der Waals surface area contributed by atoms with Crippen molar-refractivity contribution in [2.45, 2.75) is 32.2 Å². The van der Waals surface area contributed by atoms with Crippen molar-refractivity contribution in [1.82, 2.24) is 14.3 Å². The third-order valence-corrected chi connectivity index (χ3v) is 6.52. The van der Waals surface area contributed by atoms with Crippen molar-refractivity contribution in [2.75, 3.05) is 0 Å². The summed E-state index contributed by atoms with van der Waals surface area (Å²) in [5.74, 6) is -0.402. The molecule has 0 spiro atoms. The Hall–Kier alpha value is -3.65. The fraction of sp³-hybridized carbons (Fsp3) is 0.192. The first-order valence-electron chi connectivity index (χ1n) is 10.7. The maximum atomic E-state index is 14.4. The average molecular weight is 467 g/mol. The molecule has 0 radical (unpaired) electrons. The van der Waals surface area contributed by atoms with E-state index in [9.17, 15) is 22.7 Å². The molecule has 5 aromatic rings. The van der Waals surface area contributed by atoms with Gasteiger partial charge in [0.1, 0.15) is 5.82 Å². The van der Waals surface area contributed by atoms with Crippen LogP contribution in [0.25, 0.3) is 27.5 Å². The first-order valence-corrected chi connectivity index (χ1v) is 10.7. The normalized spacial score (nSPS) is 14.1. The number of hydrogen-bond acceptors (Lipinski definition) is 2. The second-order valence-electron chi connectivity index (χ2n) is 8.48. The number of benzene rings is 3. The van der Waals surface area contributed by atoms with E-state index in [0.717, 1.165) is 10.9 Å². The molecule has 1 N–H and O–H groups in total. The number of halogens is 4.